The van der Waals surface area contributed by atoms with Gasteiger partial charge in [0.2, 0.25) is 5.82 Å². The Balaban J connectivity index is 2.35. The Labute approximate surface area is 96.9 Å². The standard InChI is InChI=1S/C9H12N4O4/c1-2-5-17-9(16)10-3-4-13-7(8(14)15)11-6-12-13/h2,6H,1,3-5H2,(H,10,16)(H,14,15). The van der Waals surface area contributed by atoms with Crippen LogP contribution in [-0.2, 0) is 11.3 Å². The number of nitrogens with zero attached hydrogens (tertiary/aromatic N) is 3. The lowest BCUT2D eigenvalue weighted by Crippen LogP contribution is -2.29. The molecule has 8 nitrogen and oxygen atoms in total. The van der Waals surface area contributed by atoms with Crippen LogP contribution in [0.2, 0.25) is 0 Å². The first-order valence-electron chi connectivity index (χ1n) is 4.77. The van der Waals surface area contributed by atoms with Gasteiger partial charge in [-0.2, -0.15) is 5.10 Å². The molecule has 2 N–H and O–H groups in total. The van der Waals surface area contributed by atoms with E-state index in [1.807, 2.05) is 0 Å². The van der Waals surface area contributed by atoms with Gasteiger partial charge in [-0.1, -0.05) is 12.7 Å². The summed E-state index contributed by atoms with van der Waals surface area (Å²) in [7, 11) is 0. The maximum absolute atomic E-state index is 11.0. The smallest absolute Gasteiger partial charge is 0.407 e. The summed E-state index contributed by atoms with van der Waals surface area (Å²) < 4.78 is 5.84. The quantitative estimate of drug-likeness (QED) is 0.672. The summed E-state index contributed by atoms with van der Waals surface area (Å²) in [6, 6.07) is 0. The predicted octanol–water partition coefficient (Wildman–Crippen LogP) is -0.111. The van der Waals surface area contributed by atoms with Crippen LogP contribution in [0.5, 0.6) is 0 Å². The molecule has 0 spiro atoms. The second-order valence-electron chi connectivity index (χ2n) is 2.93. The molecule has 1 heterocycles. The van der Waals surface area contributed by atoms with Crippen molar-refractivity contribution in [3.05, 3.63) is 24.8 Å². The first-order valence-corrected chi connectivity index (χ1v) is 4.77. The number of aromatic nitrogens is 3. The maximum atomic E-state index is 11.0. The van der Waals surface area contributed by atoms with Gasteiger partial charge in [-0.05, 0) is 0 Å². The number of nitrogens with one attached hydrogen (secondary N) is 1. The van der Waals surface area contributed by atoms with Crippen molar-refractivity contribution in [2.45, 2.75) is 6.54 Å². The number of carbonyl (C=O) groups excluding carboxylic acids is 1. The molecule has 1 amide bonds. The molecule has 92 valence electrons. The van der Waals surface area contributed by atoms with Crippen molar-refractivity contribution in [3.63, 3.8) is 0 Å². The normalized spacial score (nSPS) is 9.65. The van der Waals surface area contributed by atoms with E-state index in [4.69, 9.17) is 5.11 Å². The van der Waals surface area contributed by atoms with Crippen molar-refractivity contribution >= 4 is 12.1 Å². The summed E-state index contributed by atoms with van der Waals surface area (Å²) in [6.45, 7) is 3.91. The van der Waals surface area contributed by atoms with Crippen molar-refractivity contribution in [1.82, 2.24) is 20.1 Å². The SMILES string of the molecule is C=CCOC(=O)NCCn1ncnc1C(=O)O. The number of carboxylic acid groups (broad SMARTS) is 1. The Morgan fingerprint density at radius 3 is 3.06 bits per heavy atom. The second-order valence-corrected chi connectivity index (χ2v) is 2.93. The van der Waals surface area contributed by atoms with Gasteiger partial charge >= 0.3 is 12.1 Å². The molecule has 0 atom stereocenters. The van der Waals surface area contributed by atoms with Gasteiger partial charge in [0, 0.05) is 6.54 Å². The molecule has 0 aliphatic carbocycles. The number of hydrogen-bond acceptors (Lipinski definition) is 5. The van der Waals surface area contributed by atoms with Crippen molar-refractivity contribution in [2.24, 2.45) is 0 Å². The van der Waals surface area contributed by atoms with E-state index in [1.165, 1.54) is 10.8 Å². The third-order valence-corrected chi connectivity index (χ3v) is 1.73. The van der Waals surface area contributed by atoms with Gasteiger partial charge in [0.05, 0.1) is 6.54 Å². The summed E-state index contributed by atoms with van der Waals surface area (Å²) >= 11 is 0. The van der Waals surface area contributed by atoms with Crippen LogP contribution in [0, 0.1) is 0 Å². The van der Waals surface area contributed by atoms with E-state index in [-0.39, 0.29) is 25.5 Å². The number of ether oxygens (including phenoxy) is 1. The van der Waals surface area contributed by atoms with E-state index < -0.39 is 12.1 Å². The third-order valence-electron chi connectivity index (χ3n) is 1.73. The number of hydrogen-bond donors (Lipinski definition) is 2. The van der Waals surface area contributed by atoms with Gasteiger partial charge < -0.3 is 15.2 Å². The Bertz CT molecular complexity index is 415. The zero-order valence-electron chi connectivity index (χ0n) is 9.00. The first kappa shape index (κ1) is 12.7. The third kappa shape index (κ3) is 3.93. The van der Waals surface area contributed by atoms with Gasteiger partial charge in [0.25, 0.3) is 0 Å². The number of amides is 1. The fourth-order valence-corrected chi connectivity index (χ4v) is 1.04. The van der Waals surface area contributed by atoms with E-state index in [9.17, 15) is 9.59 Å². The highest BCUT2D eigenvalue weighted by molar-refractivity contribution is 5.83. The van der Waals surface area contributed by atoms with E-state index in [1.54, 1.807) is 0 Å². The summed E-state index contributed by atoms with van der Waals surface area (Å²) in [5.74, 6) is -1.34. The zero-order chi connectivity index (χ0) is 12.7. The van der Waals surface area contributed by atoms with Crippen molar-refractivity contribution in [1.29, 1.82) is 0 Å². The molecule has 1 aromatic rings. The molecule has 0 unspecified atom stereocenters. The van der Waals surface area contributed by atoms with Crippen LogP contribution in [0.3, 0.4) is 0 Å². The molecule has 0 radical (unpaired) electrons. The Morgan fingerprint density at radius 2 is 2.41 bits per heavy atom. The summed E-state index contributed by atoms with van der Waals surface area (Å²) in [5, 5.41) is 14.9. The highest BCUT2D eigenvalue weighted by Gasteiger charge is 2.11. The van der Waals surface area contributed by atoms with E-state index in [2.05, 4.69) is 26.7 Å². The molecule has 8 heteroatoms. The van der Waals surface area contributed by atoms with Crippen LogP contribution in [-0.4, -0.2) is 45.1 Å². The maximum Gasteiger partial charge on any atom is 0.407 e. The molecule has 0 saturated carbocycles. The van der Waals surface area contributed by atoms with E-state index in [0.29, 0.717) is 0 Å². The minimum Gasteiger partial charge on any atom is -0.475 e. The van der Waals surface area contributed by atoms with Crippen molar-refractivity contribution in [3.8, 4) is 0 Å². The molecule has 1 rings (SSSR count). The fourth-order valence-electron chi connectivity index (χ4n) is 1.04. The molecule has 1 aromatic heterocycles. The summed E-state index contributed by atoms with van der Waals surface area (Å²) in [4.78, 5) is 25.2. The molecule has 0 saturated heterocycles. The molecule has 0 bridgehead atoms. The van der Waals surface area contributed by atoms with Crippen LogP contribution < -0.4 is 5.32 Å². The van der Waals surface area contributed by atoms with Crippen molar-refractivity contribution in [2.75, 3.05) is 13.2 Å². The topological polar surface area (TPSA) is 106 Å². The average Bonchev–Trinajstić information content (AvgIpc) is 2.74. The van der Waals surface area contributed by atoms with Gasteiger partial charge in [0.15, 0.2) is 0 Å². The fraction of sp³-hybridized carbons (Fsp3) is 0.333. The summed E-state index contributed by atoms with van der Waals surface area (Å²) in [5.41, 5.74) is 0. The highest BCUT2D eigenvalue weighted by Crippen LogP contribution is 1.92. The lowest BCUT2D eigenvalue weighted by atomic mass is 10.5. The number of alkyl carbamates (subject to hydrolysis) is 1. The van der Waals surface area contributed by atoms with Crippen LogP contribution >= 0.6 is 0 Å². The average molecular weight is 240 g/mol. The largest absolute Gasteiger partial charge is 0.475 e. The molecular formula is C9H12N4O4. The highest BCUT2D eigenvalue weighted by atomic mass is 16.5. The van der Waals surface area contributed by atoms with Crippen LogP contribution in [0.15, 0.2) is 19.0 Å². The van der Waals surface area contributed by atoms with Crippen molar-refractivity contribution < 1.29 is 19.4 Å². The Kier molecular flexibility index (Phi) is 4.67. The minimum atomic E-state index is -1.17. The van der Waals surface area contributed by atoms with E-state index in [0.717, 1.165) is 6.33 Å². The molecular weight excluding hydrogens is 228 g/mol. The molecule has 0 aromatic carbocycles. The lowest BCUT2D eigenvalue weighted by molar-refractivity contribution is 0.0676. The van der Waals surface area contributed by atoms with Gasteiger partial charge in [-0.15, -0.1) is 0 Å². The predicted molar refractivity (Wildman–Crippen MR) is 56.5 cm³/mol. The number of aromatic carboxylic acids is 1. The Hall–Kier alpha value is -2.38. The minimum absolute atomic E-state index is 0.121. The number of rotatable bonds is 6. The molecule has 0 aliphatic rings. The molecule has 0 fully saturated rings. The number of carboxylic acids is 1. The zero-order valence-corrected chi connectivity index (χ0v) is 9.00. The van der Waals surface area contributed by atoms with Gasteiger partial charge in [-0.25, -0.2) is 19.3 Å². The molecule has 17 heavy (non-hydrogen) atoms. The first-order chi connectivity index (χ1) is 8.15. The molecule has 0 aliphatic heterocycles. The number of carbonyl (C=O) groups is 2. The monoisotopic (exact) mass is 240 g/mol. The van der Waals surface area contributed by atoms with Crippen LogP contribution in [0.1, 0.15) is 10.6 Å². The summed E-state index contributed by atoms with van der Waals surface area (Å²) in [6.07, 6.45) is 1.99. The second kappa shape index (κ2) is 6.26. The van der Waals surface area contributed by atoms with Gasteiger partial charge in [0.1, 0.15) is 12.9 Å². The van der Waals surface area contributed by atoms with Crippen LogP contribution in [0.4, 0.5) is 4.79 Å². The Morgan fingerprint density at radius 1 is 1.65 bits per heavy atom. The van der Waals surface area contributed by atoms with Crippen LogP contribution in [0.25, 0.3) is 0 Å². The van der Waals surface area contributed by atoms with E-state index >= 15 is 0 Å². The lowest BCUT2D eigenvalue weighted by Gasteiger charge is -2.05. The van der Waals surface area contributed by atoms with Gasteiger partial charge in [-0.3, -0.25) is 0 Å².